The molecule has 1 N–H and O–H groups in total. The van der Waals surface area contributed by atoms with Crippen LogP contribution >= 0.6 is 0 Å². The van der Waals surface area contributed by atoms with Gasteiger partial charge in [0.25, 0.3) is 5.91 Å². The highest BCUT2D eigenvalue weighted by Gasteiger charge is 2.28. The molecule has 0 heterocycles. The first-order valence-corrected chi connectivity index (χ1v) is 9.82. The van der Waals surface area contributed by atoms with Crippen LogP contribution in [-0.2, 0) is 16.0 Å². The first kappa shape index (κ1) is 21.5. The first-order valence-electron chi connectivity index (χ1n) is 9.82. The number of ether oxygens (including phenoxy) is 1. The van der Waals surface area contributed by atoms with E-state index in [0.717, 1.165) is 5.56 Å². The van der Waals surface area contributed by atoms with Crippen LogP contribution in [0.3, 0.4) is 0 Å². The second kappa shape index (κ2) is 11.1. The predicted octanol–water partition coefficient (Wildman–Crippen LogP) is 3.44. The number of nitrogens with zero attached hydrogens (tertiary/aromatic N) is 1. The van der Waals surface area contributed by atoms with Gasteiger partial charge in [0.05, 0.1) is 0 Å². The topological polar surface area (TPSA) is 58.6 Å². The first-order chi connectivity index (χ1) is 13.5. The SMILES string of the molecule is CC[C@H](C(=O)NC(C)C)N(CCc1ccccc1)C(=O)COc1ccccc1. The molecule has 0 saturated heterocycles. The van der Waals surface area contributed by atoms with Gasteiger partial charge in [-0.15, -0.1) is 0 Å². The van der Waals surface area contributed by atoms with Gasteiger partial charge < -0.3 is 15.0 Å². The Morgan fingerprint density at radius 3 is 2.18 bits per heavy atom. The lowest BCUT2D eigenvalue weighted by Gasteiger charge is -2.31. The molecule has 5 heteroatoms. The zero-order chi connectivity index (χ0) is 20.4. The van der Waals surface area contributed by atoms with Crippen molar-refractivity contribution in [1.29, 1.82) is 0 Å². The van der Waals surface area contributed by atoms with E-state index in [2.05, 4.69) is 5.32 Å². The van der Waals surface area contributed by atoms with Gasteiger partial charge in [-0.25, -0.2) is 0 Å². The summed E-state index contributed by atoms with van der Waals surface area (Å²) >= 11 is 0. The molecular weight excluding hydrogens is 352 g/mol. The number of carbonyl (C=O) groups is 2. The minimum absolute atomic E-state index is 0.0215. The fraction of sp³-hybridized carbons (Fsp3) is 0.391. The molecule has 1 atom stereocenters. The van der Waals surface area contributed by atoms with E-state index in [1.807, 2.05) is 81.4 Å². The summed E-state index contributed by atoms with van der Waals surface area (Å²) in [7, 11) is 0. The molecule has 0 radical (unpaired) electrons. The van der Waals surface area contributed by atoms with E-state index in [1.165, 1.54) is 0 Å². The van der Waals surface area contributed by atoms with Crippen LogP contribution in [0.15, 0.2) is 60.7 Å². The van der Waals surface area contributed by atoms with E-state index in [1.54, 1.807) is 4.90 Å². The summed E-state index contributed by atoms with van der Waals surface area (Å²) in [5.74, 6) is 0.322. The van der Waals surface area contributed by atoms with Crippen LogP contribution in [0.1, 0.15) is 32.8 Å². The molecule has 0 unspecified atom stereocenters. The highest BCUT2D eigenvalue weighted by Crippen LogP contribution is 2.12. The highest BCUT2D eigenvalue weighted by molar-refractivity contribution is 5.88. The van der Waals surface area contributed by atoms with Crippen molar-refractivity contribution in [1.82, 2.24) is 10.2 Å². The zero-order valence-corrected chi connectivity index (χ0v) is 16.9. The number of carbonyl (C=O) groups excluding carboxylic acids is 2. The van der Waals surface area contributed by atoms with Gasteiger partial charge >= 0.3 is 0 Å². The third-order valence-corrected chi connectivity index (χ3v) is 4.41. The van der Waals surface area contributed by atoms with E-state index in [0.29, 0.717) is 25.1 Å². The summed E-state index contributed by atoms with van der Waals surface area (Å²) in [4.78, 5) is 27.3. The number of amides is 2. The Kier molecular flexibility index (Phi) is 8.53. The third kappa shape index (κ3) is 6.72. The lowest BCUT2D eigenvalue weighted by Crippen LogP contribution is -2.52. The number of nitrogens with one attached hydrogen (secondary N) is 1. The Hall–Kier alpha value is -2.82. The van der Waals surface area contributed by atoms with Crippen molar-refractivity contribution in [2.75, 3.05) is 13.2 Å². The molecule has 28 heavy (non-hydrogen) atoms. The maximum atomic E-state index is 12.9. The third-order valence-electron chi connectivity index (χ3n) is 4.41. The monoisotopic (exact) mass is 382 g/mol. The largest absolute Gasteiger partial charge is 0.484 e. The quantitative estimate of drug-likeness (QED) is 0.685. The van der Waals surface area contributed by atoms with Crippen molar-refractivity contribution < 1.29 is 14.3 Å². The molecule has 0 saturated carbocycles. The Bertz CT molecular complexity index is 732. The van der Waals surface area contributed by atoms with Gasteiger partial charge in [-0.3, -0.25) is 9.59 Å². The Labute approximate surface area is 167 Å². The Morgan fingerprint density at radius 2 is 1.61 bits per heavy atom. The summed E-state index contributed by atoms with van der Waals surface area (Å²) in [6.07, 6.45) is 1.23. The van der Waals surface area contributed by atoms with Gasteiger partial charge in [0.2, 0.25) is 5.91 Å². The molecule has 0 aliphatic rings. The molecule has 0 aliphatic carbocycles. The van der Waals surface area contributed by atoms with E-state index >= 15 is 0 Å². The summed E-state index contributed by atoms with van der Waals surface area (Å²) in [6, 6.07) is 18.7. The molecule has 0 aliphatic heterocycles. The number of para-hydroxylation sites is 1. The fourth-order valence-electron chi connectivity index (χ4n) is 3.02. The number of hydrogen-bond acceptors (Lipinski definition) is 3. The Morgan fingerprint density at radius 1 is 1.00 bits per heavy atom. The smallest absolute Gasteiger partial charge is 0.261 e. The van der Waals surface area contributed by atoms with Gasteiger partial charge in [-0.2, -0.15) is 0 Å². The molecule has 5 nitrogen and oxygen atoms in total. The van der Waals surface area contributed by atoms with Crippen molar-refractivity contribution in [2.24, 2.45) is 0 Å². The molecule has 2 amide bonds. The van der Waals surface area contributed by atoms with Gasteiger partial charge in [-0.1, -0.05) is 55.5 Å². The second-order valence-corrected chi connectivity index (χ2v) is 7.01. The van der Waals surface area contributed by atoms with Gasteiger partial charge in [0.15, 0.2) is 6.61 Å². The van der Waals surface area contributed by atoms with Crippen molar-refractivity contribution in [3.63, 3.8) is 0 Å². The molecule has 0 bridgehead atoms. The molecular formula is C23H30N2O3. The molecule has 2 rings (SSSR count). The summed E-state index contributed by atoms with van der Waals surface area (Å²) < 4.78 is 5.63. The van der Waals surface area contributed by atoms with Crippen molar-refractivity contribution in [2.45, 2.75) is 45.7 Å². The Balaban J connectivity index is 2.10. The minimum Gasteiger partial charge on any atom is -0.484 e. The van der Waals surface area contributed by atoms with E-state index in [9.17, 15) is 9.59 Å². The normalized spacial score (nSPS) is 11.7. The van der Waals surface area contributed by atoms with Crippen LogP contribution in [0.4, 0.5) is 0 Å². The molecule has 150 valence electrons. The van der Waals surface area contributed by atoms with Crippen LogP contribution in [0, 0.1) is 0 Å². The minimum atomic E-state index is -0.516. The van der Waals surface area contributed by atoms with Crippen LogP contribution in [0.2, 0.25) is 0 Å². The van der Waals surface area contributed by atoms with Crippen LogP contribution < -0.4 is 10.1 Å². The van der Waals surface area contributed by atoms with Gasteiger partial charge in [0, 0.05) is 12.6 Å². The predicted molar refractivity (Wildman–Crippen MR) is 111 cm³/mol. The average Bonchev–Trinajstić information content (AvgIpc) is 2.70. The summed E-state index contributed by atoms with van der Waals surface area (Å²) in [5, 5.41) is 2.93. The lowest BCUT2D eigenvalue weighted by atomic mass is 10.1. The van der Waals surface area contributed by atoms with Crippen molar-refractivity contribution in [3.05, 3.63) is 66.2 Å². The average molecular weight is 383 g/mol. The fourth-order valence-corrected chi connectivity index (χ4v) is 3.02. The highest BCUT2D eigenvalue weighted by atomic mass is 16.5. The zero-order valence-electron chi connectivity index (χ0n) is 16.9. The standard InChI is InChI=1S/C23H30N2O3/c1-4-21(23(27)24-18(2)3)25(16-15-19-11-7-5-8-12-19)22(26)17-28-20-13-9-6-10-14-20/h5-14,18,21H,4,15-17H2,1-3H3,(H,24,27)/t21-/m1/s1. The van der Waals surface area contributed by atoms with Gasteiger partial charge in [0.1, 0.15) is 11.8 Å². The molecule has 2 aromatic carbocycles. The number of hydrogen-bond donors (Lipinski definition) is 1. The molecule has 0 spiro atoms. The summed E-state index contributed by atoms with van der Waals surface area (Å²) in [5.41, 5.74) is 1.13. The molecule has 2 aromatic rings. The second-order valence-electron chi connectivity index (χ2n) is 7.01. The number of rotatable bonds is 10. The molecule has 0 aromatic heterocycles. The lowest BCUT2D eigenvalue weighted by molar-refractivity contribution is -0.142. The van der Waals surface area contributed by atoms with Crippen molar-refractivity contribution in [3.8, 4) is 5.75 Å². The number of benzene rings is 2. The molecule has 0 fully saturated rings. The van der Waals surface area contributed by atoms with Crippen molar-refractivity contribution >= 4 is 11.8 Å². The van der Waals surface area contributed by atoms with Crippen LogP contribution in [0.5, 0.6) is 5.75 Å². The van der Waals surface area contributed by atoms with Crippen LogP contribution in [0.25, 0.3) is 0 Å². The van der Waals surface area contributed by atoms with E-state index < -0.39 is 6.04 Å². The van der Waals surface area contributed by atoms with Crippen LogP contribution in [-0.4, -0.2) is 41.9 Å². The van der Waals surface area contributed by atoms with E-state index in [-0.39, 0.29) is 24.5 Å². The summed E-state index contributed by atoms with van der Waals surface area (Å²) in [6.45, 7) is 6.12. The van der Waals surface area contributed by atoms with E-state index in [4.69, 9.17) is 4.74 Å². The maximum absolute atomic E-state index is 12.9. The maximum Gasteiger partial charge on any atom is 0.261 e. The van der Waals surface area contributed by atoms with Gasteiger partial charge in [-0.05, 0) is 44.4 Å².